The van der Waals surface area contributed by atoms with Gasteiger partial charge in [0.25, 0.3) is 5.92 Å². The second kappa shape index (κ2) is 4.59. The van der Waals surface area contributed by atoms with Gasteiger partial charge in [0.15, 0.2) is 0 Å². The molecule has 0 radical (unpaired) electrons. The summed E-state index contributed by atoms with van der Waals surface area (Å²) in [5, 5.41) is 8.25. The lowest BCUT2D eigenvalue weighted by atomic mass is 10.1. The van der Waals surface area contributed by atoms with Gasteiger partial charge in [-0.3, -0.25) is 0 Å². The second-order valence-electron chi connectivity index (χ2n) is 3.01. The Labute approximate surface area is 82.4 Å². The first kappa shape index (κ1) is 13.9. The van der Waals surface area contributed by atoms with E-state index in [1.54, 1.807) is 0 Å². The van der Waals surface area contributed by atoms with E-state index in [0.717, 1.165) is 6.92 Å². The van der Waals surface area contributed by atoms with Crippen molar-refractivity contribution in [3.05, 3.63) is 11.6 Å². The number of alkyl halides is 5. The molecule has 15 heavy (non-hydrogen) atoms. The summed E-state index contributed by atoms with van der Waals surface area (Å²) in [7, 11) is 0. The zero-order valence-electron chi connectivity index (χ0n) is 7.74. The van der Waals surface area contributed by atoms with E-state index < -0.39 is 36.5 Å². The third-order valence-corrected chi connectivity index (χ3v) is 1.51. The van der Waals surface area contributed by atoms with Crippen LogP contribution >= 0.6 is 0 Å². The van der Waals surface area contributed by atoms with Crippen molar-refractivity contribution in [2.24, 2.45) is 0 Å². The van der Waals surface area contributed by atoms with Crippen molar-refractivity contribution in [1.82, 2.24) is 0 Å². The maximum atomic E-state index is 12.7. The van der Waals surface area contributed by atoms with Gasteiger partial charge in [-0.05, 0) is 13.0 Å². The van der Waals surface area contributed by atoms with E-state index in [1.807, 2.05) is 0 Å². The van der Waals surface area contributed by atoms with Gasteiger partial charge >= 0.3 is 12.1 Å². The van der Waals surface area contributed by atoms with E-state index >= 15 is 0 Å². The van der Waals surface area contributed by atoms with Crippen LogP contribution in [0.25, 0.3) is 0 Å². The summed E-state index contributed by atoms with van der Waals surface area (Å²) in [4.78, 5) is 10.2. The zero-order chi connectivity index (χ0) is 12.3. The summed E-state index contributed by atoms with van der Waals surface area (Å²) in [5.74, 6) is -5.33. The van der Waals surface area contributed by atoms with Gasteiger partial charge in [-0.2, -0.15) is 13.2 Å². The fraction of sp³-hybridized carbons (Fsp3) is 0.625. The average molecular weight is 232 g/mol. The molecule has 0 bridgehead atoms. The van der Waals surface area contributed by atoms with Crippen molar-refractivity contribution in [3.63, 3.8) is 0 Å². The van der Waals surface area contributed by atoms with E-state index in [1.165, 1.54) is 0 Å². The molecule has 88 valence electrons. The number of carboxylic acid groups (broad SMARTS) is 1. The van der Waals surface area contributed by atoms with Crippen LogP contribution in [0, 0.1) is 0 Å². The minimum Gasteiger partial charge on any atom is -0.478 e. The molecule has 0 saturated heterocycles. The molecule has 0 rings (SSSR count). The van der Waals surface area contributed by atoms with Crippen molar-refractivity contribution >= 4 is 5.97 Å². The average Bonchev–Trinajstić information content (AvgIpc) is 1.99. The Morgan fingerprint density at radius 2 is 1.67 bits per heavy atom. The van der Waals surface area contributed by atoms with E-state index in [4.69, 9.17) is 5.11 Å². The Kier molecular flexibility index (Phi) is 4.24. The van der Waals surface area contributed by atoms with Crippen molar-refractivity contribution in [2.75, 3.05) is 0 Å². The first-order valence-corrected chi connectivity index (χ1v) is 3.91. The standard InChI is InChI=1S/C8H9F5O2/c1-5(6(14)15)4-7(9,10)2-3-8(11,12)13/h4H,2-3H2,1H3,(H,14,15). The smallest absolute Gasteiger partial charge is 0.389 e. The van der Waals surface area contributed by atoms with Gasteiger partial charge in [0, 0.05) is 18.4 Å². The van der Waals surface area contributed by atoms with Gasteiger partial charge in [0.1, 0.15) is 0 Å². The first-order chi connectivity index (χ1) is 6.53. The van der Waals surface area contributed by atoms with Crippen LogP contribution in [0.1, 0.15) is 19.8 Å². The van der Waals surface area contributed by atoms with E-state index in [0.29, 0.717) is 0 Å². The van der Waals surface area contributed by atoms with Crippen LogP contribution in [0.3, 0.4) is 0 Å². The molecule has 7 heteroatoms. The molecule has 0 amide bonds. The van der Waals surface area contributed by atoms with Crippen LogP contribution in [0.2, 0.25) is 0 Å². The quantitative estimate of drug-likeness (QED) is 0.597. The van der Waals surface area contributed by atoms with E-state index in [-0.39, 0.29) is 6.08 Å². The summed E-state index contributed by atoms with van der Waals surface area (Å²) in [6, 6.07) is 0. The van der Waals surface area contributed by atoms with Gasteiger partial charge in [0.05, 0.1) is 0 Å². The van der Waals surface area contributed by atoms with Crippen LogP contribution in [0.5, 0.6) is 0 Å². The molecule has 1 N–H and O–H groups in total. The monoisotopic (exact) mass is 232 g/mol. The number of carbonyl (C=O) groups is 1. The molecule has 0 spiro atoms. The Hall–Kier alpha value is -1.14. The molecule has 0 aliphatic heterocycles. The molecule has 0 fully saturated rings. The molecule has 0 aliphatic carbocycles. The summed E-state index contributed by atoms with van der Waals surface area (Å²) < 4.78 is 60.3. The number of rotatable bonds is 4. The Morgan fingerprint density at radius 3 is 2.00 bits per heavy atom. The van der Waals surface area contributed by atoms with Crippen LogP contribution in [-0.2, 0) is 4.79 Å². The maximum absolute atomic E-state index is 12.7. The molecule has 0 aromatic heterocycles. The predicted molar refractivity (Wildman–Crippen MR) is 41.6 cm³/mol. The van der Waals surface area contributed by atoms with Crippen molar-refractivity contribution in [2.45, 2.75) is 31.9 Å². The Bertz CT molecular complexity index is 267. The zero-order valence-corrected chi connectivity index (χ0v) is 7.74. The number of aliphatic carboxylic acids is 1. The van der Waals surface area contributed by atoms with E-state index in [9.17, 15) is 26.7 Å². The summed E-state index contributed by atoms with van der Waals surface area (Å²) in [6.07, 6.45) is -7.74. The van der Waals surface area contributed by atoms with Gasteiger partial charge in [-0.1, -0.05) is 0 Å². The molecule has 0 saturated carbocycles. The molecular weight excluding hydrogens is 223 g/mol. The lowest BCUT2D eigenvalue weighted by Crippen LogP contribution is -2.19. The molecular formula is C8H9F5O2. The van der Waals surface area contributed by atoms with Crippen LogP contribution in [0.15, 0.2) is 11.6 Å². The highest BCUT2D eigenvalue weighted by Crippen LogP contribution is 2.30. The lowest BCUT2D eigenvalue weighted by Gasteiger charge is -2.13. The number of allylic oxidation sites excluding steroid dienone is 1. The van der Waals surface area contributed by atoms with Crippen LogP contribution < -0.4 is 0 Å². The summed E-state index contributed by atoms with van der Waals surface area (Å²) >= 11 is 0. The number of halogens is 5. The molecule has 0 aliphatic rings. The molecule has 0 aromatic rings. The highest BCUT2D eigenvalue weighted by Gasteiger charge is 2.35. The molecule has 0 unspecified atom stereocenters. The maximum Gasteiger partial charge on any atom is 0.389 e. The third kappa shape index (κ3) is 6.87. The highest BCUT2D eigenvalue weighted by molar-refractivity contribution is 5.85. The van der Waals surface area contributed by atoms with Crippen molar-refractivity contribution in [1.29, 1.82) is 0 Å². The summed E-state index contributed by atoms with van der Waals surface area (Å²) in [6.45, 7) is 0.893. The van der Waals surface area contributed by atoms with Crippen molar-refractivity contribution < 1.29 is 31.9 Å². The number of hydrogen-bond donors (Lipinski definition) is 1. The SMILES string of the molecule is CC(=CC(F)(F)CCC(F)(F)F)C(=O)O. The van der Waals surface area contributed by atoms with Crippen LogP contribution in [-0.4, -0.2) is 23.2 Å². The van der Waals surface area contributed by atoms with E-state index in [2.05, 4.69) is 0 Å². The molecule has 0 heterocycles. The molecule has 2 nitrogen and oxygen atoms in total. The topological polar surface area (TPSA) is 37.3 Å². The fourth-order valence-corrected chi connectivity index (χ4v) is 0.759. The fourth-order valence-electron chi connectivity index (χ4n) is 0.759. The highest BCUT2D eigenvalue weighted by atomic mass is 19.4. The Morgan fingerprint density at radius 1 is 1.20 bits per heavy atom. The number of hydrogen-bond acceptors (Lipinski definition) is 1. The minimum atomic E-state index is -4.67. The largest absolute Gasteiger partial charge is 0.478 e. The van der Waals surface area contributed by atoms with Gasteiger partial charge in [-0.25, -0.2) is 13.6 Å². The molecule has 0 aromatic carbocycles. The second-order valence-corrected chi connectivity index (χ2v) is 3.01. The Balaban J connectivity index is 4.44. The van der Waals surface area contributed by atoms with Gasteiger partial charge < -0.3 is 5.11 Å². The van der Waals surface area contributed by atoms with Crippen molar-refractivity contribution in [3.8, 4) is 0 Å². The summed E-state index contributed by atoms with van der Waals surface area (Å²) in [5.41, 5.74) is -0.679. The predicted octanol–water partition coefficient (Wildman–Crippen LogP) is 3.00. The minimum absolute atomic E-state index is 0.0288. The normalized spacial score (nSPS) is 14.1. The number of carboxylic acids is 1. The van der Waals surface area contributed by atoms with Gasteiger partial charge in [-0.15, -0.1) is 0 Å². The van der Waals surface area contributed by atoms with Crippen LogP contribution in [0.4, 0.5) is 22.0 Å². The molecule has 0 atom stereocenters. The van der Waals surface area contributed by atoms with Gasteiger partial charge in [0.2, 0.25) is 0 Å². The first-order valence-electron chi connectivity index (χ1n) is 3.91. The lowest BCUT2D eigenvalue weighted by molar-refractivity contribution is -0.146. The third-order valence-electron chi connectivity index (χ3n) is 1.51.